The Morgan fingerprint density at radius 3 is 1.78 bits per heavy atom. The number of nitrogens with one attached hydrogen (secondary N) is 1. The standard InChI is InChI=1S/C5H11N.C3H4/c1-2-4-6-5-3-1;1-3-2/h6H,1-5H2;1H,2H3. The first-order valence-electron chi connectivity index (χ1n) is 3.50. The summed E-state index contributed by atoms with van der Waals surface area (Å²) in [7, 11) is 0. The third-order valence-corrected chi connectivity index (χ3v) is 1.21. The number of piperidine rings is 1. The number of hydrogen-bond acceptors (Lipinski definition) is 1. The third-order valence-electron chi connectivity index (χ3n) is 1.21. The van der Waals surface area contributed by atoms with E-state index in [0.717, 1.165) is 0 Å². The van der Waals surface area contributed by atoms with Crippen molar-refractivity contribution in [3.63, 3.8) is 0 Å². The van der Waals surface area contributed by atoms with Crippen molar-refractivity contribution >= 4 is 0 Å². The second-order valence-electron chi connectivity index (χ2n) is 2.10. The molecule has 0 bridgehead atoms. The Morgan fingerprint density at radius 2 is 1.67 bits per heavy atom. The van der Waals surface area contributed by atoms with E-state index >= 15 is 0 Å². The largest absolute Gasteiger partial charge is 0.317 e. The lowest BCUT2D eigenvalue weighted by molar-refractivity contribution is 0.520. The summed E-state index contributed by atoms with van der Waals surface area (Å²) in [6, 6.07) is 0. The van der Waals surface area contributed by atoms with Crippen LogP contribution in [0.5, 0.6) is 0 Å². The minimum absolute atomic E-state index is 1.25. The van der Waals surface area contributed by atoms with Crippen molar-refractivity contribution in [2.75, 3.05) is 13.1 Å². The van der Waals surface area contributed by atoms with Gasteiger partial charge in [0.15, 0.2) is 0 Å². The predicted molar refractivity (Wildman–Crippen MR) is 41.2 cm³/mol. The van der Waals surface area contributed by atoms with Crippen LogP contribution in [0.4, 0.5) is 0 Å². The van der Waals surface area contributed by atoms with E-state index in [-0.39, 0.29) is 0 Å². The van der Waals surface area contributed by atoms with E-state index in [1.54, 1.807) is 6.92 Å². The van der Waals surface area contributed by atoms with E-state index in [1.165, 1.54) is 32.4 Å². The van der Waals surface area contributed by atoms with Crippen LogP contribution in [0.25, 0.3) is 0 Å². The topological polar surface area (TPSA) is 12.0 Å². The molecule has 0 unspecified atom stereocenters. The molecule has 0 atom stereocenters. The summed E-state index contributed by atoms with van der Waals surface area (Å²) in [5, 5.41) is 3.28. The van der Waals surface area contributed by atoms with Crippen LogP contribution in [-0.2, 0) is 0 Å². The molecule has 52 valence electrons. The van der Waals surface area contributed by atoms with Crippen molar-refractivity contribution in [3.05, 3.63) is 0 Å². The smallest absolute Gasteiger partial charge is 0.00297 e. The third kappa shape index (κ3) is 7.52. The molecule has 0 radical (unpaired) electrons. The first-order chi connectivity index (χ1) is 4.41. The second-order valence-corrected chi connectivity index (χ2v) is 2.10. The zero-order chi connectivity index (χ0) is 6.95. The number of rotatable bonds is 0. The Bertz CT molecular complexity index is 65.5. The molecule has 1 aliphatic heterocycles. The Hall–Kier alpha value is -0.480. The molecule has 0 spiro atoms. The van der Waals surface area contributed by atoms with E-state index in [0.29, 0.717) is 0 Å². The van der Waals surface area contributed by atoms with Crippen LogP contribution < -0.4 is 5.32 Å². The van der Waals surface area contributed by atoms with Gasteiger partial charge in [-0.1, -0.05) is 6.42 Å². The van der Waals surface area contributed by atoms with Crippen molar-refractivity contribution in [1.82, 2.24) is 5.32 Å². The summed E-state index contributed by atoms with van der Waals surface area (Å²) in [6.45, 7) is 4.15. The summed E-state index contributed by atoms with van der Waals surface area (Å²) in [5.41, 5.74) is 0. The molecule has 9 heavy (non-hydrogen) atoms. The molecule has 1 saturated heterocycles. The molecule has 1 N–H and O–H groups in total. The molecule has 0 aromatic carbocycles. The van der Waals surface area contributed by atoms with Crippen molar-refractivity contribution in [2.24, 2.45) is 0 Å². The van der Waals surface area contributed by atoms with Gasteiger partial charge in [-0.25, -0.2) is 0 Å². The monoisotopic (exact) mass is 125 g/mol. The highest BCUT2D eigenvalue weighted by Crippen LogP contribution is 1.96. The van der Waals surface area contributed by atoms with Gasteiger partial charge in [0.05, 0.1) is 0 Å². The Labute approximate surface area is 57.8 Å². The normalized spacial score (nSPS) is 16.9. The first kappa shape index (κ1) is 8.52. The van der Waals surface area contributed by atoms with Crippen molar-refractivity contribution < 1.29 is 0 Å². The molecule has 1 fully saturated rings. The van der Waals surface area contributed by atoms with Crippen LogP contribution in [0.1, 0.15) is 26.2 Å². The van der Waals surface area contributed by atoms with Crippen LogP contribution in [0.3, 0.4) is 0 Å². The molecular weight excluding hydrogens is 110 g/mol. The molecule has 0 aromatic rings. The van der Waals surface area contributed by atoms with E-state index in [2.05, 4.69) is 17.7 Å². The molecule has 0 saturated carbocycles. The average molecular weight is 125 g/mol. The summed E-state index contributed by atoms with van der Waals surface area (Å²) < 4.78 is 0. The van der Waals surface area contributed by atoms with Gasteiger partial charge in [-0.2, -0.15) is 0 Å². The molecule has 1 heterocycles. The SMILES string of the molecule is C#CC.C1CCNCC1. The fourth-order valence-electron chi connectivity index (χ4n) is 0.802. The van der Waals surface area contributed by atoms with Crippen LogP contribution in [0, 0.1) is 12.3 Å². The van der Waals surface area contributed by atoms with Crippen LogP contribution >= 0.6 is 0 Å². The Kier molecular flexibility index (Phi) is 7.12. The predicted octanol–water partition coefficient (Wildman–Crippen LogP) is 1.40. The average Bonchev–Trinajstić information content (AvgIpc) is 1.93. The van der Waals surface area contributed by atoms with E-state index in [1.807, 2.05) is 0 Å². The van der Waals surface area contributed by atoms with Crippen molar-refractivity contribution in [1.29, 1.82) is 0 Å². The van der Waals surface area contributed by atoms with Gasteiger partial charge in [-0.15, -0.1) is 12.3 Å². The van der Waals surface area contributed by atoms with Crippen molar-refractivity contribution in [2.45, 2.75) is 26.2 Å². The first-order valence-corrected chi connectivity index (χ1v) is 3.50. The minimum Gasteiger partial charge on any atom is -0.317 e. The molecule has 0 aliphatic carbocycles. The molecule has 1 nitrogen and oxygen atoms in total. The molecule has 0 aromatic heterocycles. The fraction of sp³-hybridized carbons (Fsp3) is 0.750. The zero-order valence-corrected chi connectivity index (χ0v) is 6.11. The van der Waals surface area contributed by atoms with Gasteiger partial charge in [0, 0.05) is 0 Å². The summed E-state index contributed by atoms with van der Waals surface area (Å²) in [6.07, 6.45) is 8.81. The maximum atomic E-state index is 4.60. The highest BCUT2D eigenvalue weighted by molar-refractivity contribution is 4.73. The highest BCUT2D eigenvalue weighted by atomic mass is 14.9. The molecule has 1 rings (SSSR count). The Morgan fingerprint density at radius 1 is 1.22 bits per heavy atom. The van der Waals surface area contributed by atoms with Gasteiger partial charge in [-0.05, 0) is 32.9 Å². The van der Waals surface area contributed by atoms with Crippen LogP contribution in [-0.4, -0.2) is 13.1 Å². The van der Waals surface area contributed by atoms with Gasteiger partial charge in [0.25, 0.3) is 0 Å². The van der Waals surface area contributed by atoms with E-state index in [9.17, 15) is 0 Å². The summed E-state index contributed by atoms with van der Waals surface area (Å²) >= 11 is 0. The minimum atomic E-state index is 1.25. The highest BCUT2D eigenvalue weighted by Gasteiger charge is 1.93. The van der Waals surface area contributed by atoms with Gasteiger partial charge in [-0.3, -0.25) is 0 Å². The van der Waals surface area contributed by atoms with Gasteiger partial charge in [0.2, 0.25) is 0 Å². The zero-order valence-electron chi connectivity index (χ0n) is 6.11. The van der Waals surface area contributed by atoms with E-state index in [4.69, 9.17) is 0 Å². The molecule has 1 heteroatoms. The summed E-state index contributed by atoms with van der Waals surface area (Å²) in [5.74, 6) is 2.25. The second kappa shape index (κ2) is 7.52. The summed E-state index contributed by atoms with van der Waals surface area (Å²) in [4.78, 5) is 0. The number of terminal acetylenes is 1. The fourth-order valence-corrected chi connectivity index (χ4v) is 0.802. The maximum absolute atomic E-state index is 4.60. The maximum Gasteiger partial charge on any atom is -0.00297 e. The lowest BCUT2D eigenvalue weighted by Gasteiger charge is -2.08. The van der Waals surface area contributed by atoms with Gasteiger partial charge in [0.1, 0.15) is 0 Å². The van der Waals surface area contributed by atoms with Crippen molar-refractivity contribution in [3.8, 4) is 12.3 Å². The molecule has 0 amide bonds. The lowest BCUT2D eigenvalue weighted by atomic mass is 10.2. The van der Waals surface area contributed by atoms with Crippen LogP contribution in [0.2, 0.25) is 0 Å². The Balaban J connectivity index is 0.000000187. The lowest BCUT2D eigenvalue weighted by Crippen LogP contribution is -2.21. The van der Waals surface area contributed by atoms with Gasteiger partial charge < -0.3 is 5.32 Å². The quantitative estimate of drug-likeness (QED) is 0.482. The van der Waals surface area contributed by atoms with E-state index < -0.39 is 0 Å². The molecule has 1 aliphatic rings. The van der Waals surface area contributed by atoms with Crippen LogP contribution in [0.15, 0.2) is 0 Å². The van der Waals surface area contributed by atoms with Gasteiger partial charge >= 0.3 is 0 Å². The number of hydrogen-bond donors (Lipinski definition) is 1. The molecular formula is C8H15N.